The number of hydrogen-bond donors (Lipinski definition) is 1. The lowest BCUT2D eigenvalue weighted by atomic mass is 9.84. The van der Waals surface area contributed by atoms with Gasteiger partial charge in [0.25, 0.3) is 0 Å². The van der Waals surface area contributed by atoms with Crippen LogP contribution in [0, 0.1) is 0 Å². The van der Waals surface area contributed by atoms with E-state index in [1.165, 1.54) is 5.56 Å². The summed E-state index contributed by atoms with van der Waals surface area (Å²) in [4.78, 5) is 16.9. The van der Waals surface area contributed by atoms with Crippen molar-refractivity contribution in [1.29, 1.82) is 0 Å². The molecule has 7 heteroatoms. The molecule has 5 rings (SSSR count). The van der Waals surface area contributed by atoms with Crippen molar-refractivity contribution in [3.63, 3.8) is 0 Å². The number of likely N-dealkylation sites (tertiary alicyclic amines) is 1. The van der Waals surface area contributed by atoms with Gasteiger partial charge in [-0.2, -0.15) is 5.10 Å². The molecule has 2 fully saturated rings. The first kappa shape index (κ1) is 18.8. The Balaban J connectivity index is 1.28. The highest BCUT2D eigenvalue weighted by molar-refractivity contribution is 5.78. The molecule has 2 saturated heterocycles. The molecular weight excluding hydrogens is 366 g/mol. The van der Waals surface area contributed by atoms with Crippen LogP contribution in [0.15, 0.2) is 36.5 Å². The molecule has 0 aliphatic carbocycles. The van der Waals surface area contributed by atoms with Gasteiger partial charge in [-0.25, -0.2) is 4.68 Å². The van der Waals surface area contributed by atoms with E-state index in [4.69, 9.17) is 9.84 Å². The number of piperazine rings is 1. The van der Waals surface area contributed by atoms with Crippen molar-refractivity contribution in [1.82, 2.24) is 24.9 Å². The Morgan fingerprint density at radius 1 is 1.10 bits per heavy atom. The van der Waals surface area contributed by atoms with Crippen LogP contribution in [0.25, 0.3) is 5.69 Å². The molecule has 29 heavy (non-hydrogen) atoms. The molecule has 0 atom stereocenters. The van der Waals surface area contributed by atoms with E-state index in [-0.39, 0.29) is 11.5 Å². The predicted octanol–water partition coefficient (Wildman–Crippen LogP) is 1.17. The summed E-state index contributed by atoms with van der Waals surface area (Å²) in [5, 5.41) is 8.25. The normalized spacial score (nSPS) is 21.9. The first-order valence-electron chi connectivity index (χ1n) is 10.7. The summed E-state index contributed by atoms with van der Waals surface area (Å²) in [6.45, 7) is 6.44. The quantitative estimate of drug-likeness (QED) is 0.845. The van der Waals surface area contributed by atoms with Gasteiger partial charge in [0.2, 0.25) is 5.91 Å². The van der Waals surface area contributed by atoms with Gasteiger partial charge in [0.15, 0.2) is 0 Å². The summed E-state index contributed by atoms with van der Waals surface area (Å²) in [7, 11) is 0. The van der Waals surface area contributed by atoms with Gasteiger partial charge in [-0.05, 0) is 37.0 Å². The minimum atomic E-state index is -0.303. The highest BCUT2D eigenvalue weighted by atomic mass is 16.5. The third-order valence-electron chi connectivity index (χ3n) is 6.48. The molecule has 0 radical (unpaired) electrons. The van der Waals surface area contributed by atoms with Gasteiger partial charge >= 0.3 is 0 Å². The Labute approximate surface area is 171 Å². The monoisotopic (exact) mass is 395 g/mol. The summed E-state index contributed by atoms with van der Waals surface area (Å²) in [5.74, 6) is 0.251. The van der Waals surface area contributed by atoms with Crippen molar-refractivity contribution in [2.24, 2.45) is 0 Å². The molecule has 1 aromatic carbocycles. The number of benzene rings is 1. The lowest BCUT2D eigenvalue weighted by Crippen LogP contribution is -2.52. The summed E-state index contributed by atoms with van der Waals surface area (Å²) in [6.07, 6.45) is 4.85. The Morgan fingerprint density at radius 2 is 1.86 bits per heavy atom. The number of hydrogen-bond acceptors (Lipinski definition) is 5. The SMILES string of the molecule is O=C(CN1CCC2(CC1)OCCc1cn(-c3ccccc3)nc12)N1CCNCC1. The lowest BCUT2D eigenvalue weighted by molar-refractivity contribution is -0.136. The largest absolute Gasteiger partial charge is 0.368 e. The van der Waals surface area contributed by atoms with E-state index in [1.807, 2.05) is 27.8 Å². The predicted molar refractivity (Wildman–Crippen MR) is 110 cm³/mol. The van der Waals surface area contributed by atoms with Crippen LogP contribution in [-0.2, 0) is 21.6 Å². The number of carbonyl (C=O) groups excluding carboxylic acids is 1. The summed E-state index contributed by atoms with van der Waals surface area (Å²) < 4.78 is 8.33. The Kier molecular flexibility index (Phi) is 5.11. The fourth-order valence-electron chi connectivity index (χ4n) is 4.77. The Bertz CT molecular complexity index is 851. The Hall–Kier alpha value is -2.22. The molecule has 0 bridgehead atoms. The number of nitrogens with zero attached hydrogens (tertiary/aromatic N) is 4. The molecule has 0 unspecified atom stereocenters. The second kappa shape index (κ2) is 7.89. The topological polar surface area (TPSA) is 62.6 Å². The number of carbonyl (C=O) groups is 1. The number of aromatic nitrogens is 2. The first-order chi connectivity index (χ1) is 14.2. The molecule has 3 aliphatic rings. The van der Waals surface area contributed by atoms with E-state index in [9.17, 15) is 4.79 Å². The van der Waals surface area contributed by atoms with Crippen LogP contribution in [-0.4, -0.2) is 77.9 Å². The number of para-hydroxylation sites is 1. The maximum absolute atomic E-state index is 12.6. The van der Waals surface area contributed by atoms with E-state index in [0.29, 0.717) is 6.54 Å². The van der Waals surface area contributed by atoms with Crippen molar-refractivity contribution < 1.29 is 9.53 Å². The molecule has 7 nitrogen and oxygen atoms in total. The molecule has 0 saturated carbocycles. The van der Waals surface area contributed by atoms with Crippen LogP contribution < -0.4 is 5.32 Å². The van der Waals surface area contributed by atoms with E-state index in [1.54, 1.807) is 0 Å². The van der Waals surface area contributed by atoms with E-state index in [2.05, 4.69) is 28.5 Å². The van der Waals surface area contributed by atoms with E-state index in [0.717, 1.165) is 76.5 Å². The maximum atomic E-state index is 12.6. The van der Waals surface area contributed by atoms with Crippen LogP contribution in [0.5, 0.6) is 0 Å². The highest BCUT2D eigenvalue weighted by Crippen LogP contribution is 2.40. The zero-order valence-electron chi connectivity index (χ0n) is 16.8. The number of ether oxygens (including phenoxy) is 1. The molecule has 1 amide bonds. The first-order valence-corrected chi connectivity index (χ1v) is 10.7. The number of amides is 1. The van der Waals surface area contributed by atoms with Crippen LogP contribution in [0.3, 0.4) is 0 Å². The number of fused-ring (bicyclic) bond motifs is 2. The zero-order valence-corrected chi connectivity index (χ0v) is 16.8. The maximum Gasteiger partial charge on any atom is 0.236 e. The second-order valence-corrected chi connectivity index (χ2v) is 8.28. The minimum Gasteiger partial charge on any atom is -0.368 e. The fraction of sp³-hybridized carbons (Fsp3) is 0.545. The van der Waals surface area contributed by atoms with Gasteiger partial charge in [-0.1, -0.05) is 18.2 Å². The molecule has 2 aromatic rings. The van der Waals surface area contributed by atoms with Crippen molar-refractivity contribution in [3.8, 4) is 5.69 Å². The summed E-state index contributed by atoms with van der Waals surface area (Å²) in [6, 6.07) is 10.3. The van der Waals surface area contributed by atoms with Gasteiger partial charge in [0, 0.05) is 45.5 Å². The fourth-order valence-corrected chi connectivity index (χ4v) is 4.77. The van der Waals surface area contributed by atoms with Crippen molar-refractivity contribution in [2.75, 3.05) is 52.4 Å². The van der Waals surface area contributed by atoms with E-state index < -0.39 is 0 Å². The lowest BCUT2D eigenvalue weighted by Gasteiger charge is -2.43. The van der Waals surface area contributed by atoms with Crippen molar-refractivity contribution in [2.45, 2.75) is 24.9 Å². The molecule has 3 aliphatic heterocycles. The minimum absolute atomic E-state index is 0.251. The van der Waals surface area contributed by atoms with Gasteiger partial charge in [0.1, 0.15) is 5.60 Å². The third-order valence-corrected chi connectivity index (χ3v) is 6.48. The van der Waals surface area contributed by atoms with Crippen molar-refractivity contribution >= 4 is 5.91 Å². The Morgan fingerprint density at radius 3 is 2.62 bits per heavy atom. The third kappa shape index (κ3) is 3.70. The van der Waals surface area contributed by atoms with Gasteiger partial charge in [-0.3, -0.25) is 9.69 Å². The number of nitrogens with one attached hydrogen (secondary N) is 1. The van der Waals surface area contributed by atoms with Crippen LogP contribution in [0.2, 0.25) is 0 Å². The standard InChI is InChI=1S/C22H29N5O2/c28-20(26-13-9-23-10-14-26)17-25-11-7-22(8-12-25)21-18(6-15-29-22)16-27(24-21)19-4-2-1-3-5-19/h1-5,16,23H,6-15,17H2. The van der Waals surface area contributed by atoms with Crippen molar-refractivity contribution in [3.05, 3.63) is 47.8 Å². The average Bonchev–Trinajstić information content (AvgIpc) is 3.23. The number of piperidine rings is 1. The average molecular weight is 396 g/mol. The van der Waals surface area contributed by atoms with Gasteiger partial charge < -0.3 is 15.0 Å². The second-order valence-electron chi connectivity index (χ2n) is 8.28. The van der Waals surface area contributed by atoms with Crippen LogP contribution >= 0.6 is 0 Å². The molecule has 1 N–H and O–H groups in total. The molecular formula is C22H29N5O2. The smallest absolute Gasteiger partial charge is 0.236 e. The zero-order chi connectivity index (χ0) is 19.7. The summed E-state index contributed by atoms with van der Waals surface area (Å²) in [5.41, 5.74) is 3.17. The van der Waals surface area contributed by atoms with E-state index >= 15 is 0 Å². The highest BCUT2D eigenvalue weighted by Gasteiger charge is 2.43. The van der Waals surface area contributed by atoms with Crippen LogP contribution in [0.1, 0.15) is 24.1 Å². The van der Waals surface area contributed by atoms with Gasteiger partial charge in [0.05, 0.1) is 24.5 Å². The molecule has 4 heterocycles. The van der Waals surface area contributed by atoms with Gasteiger partial charge in [-0.15, -0.1) is 0 Å². The molecule has 1 aromatic heterocycles. The number of rotatable bonds is 3. The summed E-state index contributed by atoms with van der Waals surface area (Å²) >= 11 is 0. The molecule has 154 valence electrons. The molecule has 1 spiro atoms. The van der Waals surface area contributed by atoms with Crippen LogP contribution in [0.4, 0.5) is 0 Å².